The van der Waals surface area contributed by atoms with Gasteiger partial charge in [0.25, 0.3) is 0 Å². The second kappa shape index (κ2) is 5.45. The summed E-state index contributed by atoms with van der Waals surface area (Å²) in [5, 5.41) is 11.0. The number of hydrogen-bond acceptors (Lipinski definition) is 3. The third-order valence-corrected chi connectivity index (χ3v) is 5.91. The van der Waals surface area contributed by atoms with Gasteiger partial charge in [-0.25, -0.2) is 9.50 Å². The molecule has 0 atom stereocenters. The molecule has 0 aliphatic heterocycles. The van der Waals surface area contributed by atoms with Crippen molar-refractivity contribution >= 4 is 66.7 Å². The van der Waals surface area contributed by atoms with Crippen LogP contribution in [0.25, 0.3) is 66.7 Å². The Balaban J connectivity index is 1.93. The van der Waals surface area contributed by atoms with Crippen molar-refractivity contribution in [2.45, 2.75) is 0 Å². The smallest absolute Gasteiger partial charge is 0.145 e. The standard InChI is InChI=1S/C26H15N3O/c1-15-18-14-19-16-8-3-7-13-23(16)30-26(19)24-17-9-2-6-12-22(17)29(25(18)24)28-21-11-5-4-10-20(21)27-15/h2-14H,1H2. The average molecular weight is 385 g/mol. The zero-order chi connectivity index (χ0) is 19.8. The molecule has 3 heterocycles. The summed E-state index contributed by atoms with van der Waals surface area (Å²) in [5.74, 6) is 0. The minimum absolute atomic E-state index is 0.721. The first kappa shape index (κ1) is 15.7. The van der Waals surface area contributed by atoms with E-state index in [4.69, 9.17) is 14.5 Å². The molecule has 0 saturated heterocycles. The van der Waals surface area contributed by atoms with Crippen LogP contribution in [0.3, 0.4) is 0 Å². The molecule has 0 N–H and O–H groups in total. The van der Waals surface area contributed by atoms with Crippen molar-refractivity contribution in [3.63, 3.8) is 0 Å². The molecule has 0 aliphatic rings. The quantitative estimate of drug-likeness (QED) is 0.332. The summed E-state index contributed by atoms with van der Waals surface area (Å²) in [4.78, 5) is 4.83. The molecule has 140 valence electrons. The van der Waals surface area contributed by atoms with E-state index in [0.717, 1.165) is 65.5 Å². The van der Waals surface area contributed by atoms with E-state index in [9.17, 15) is 0 Å². The molecule has 4 aromatic carbocycles. The molecule has 4 nitrogen and oxygen atoms in total. The summed E-state index contributed by atoms with van der Waals surface area (Å²) in [6, 6.07) is 26.5. The Morgan fingerprint density at radius 1 is 0.733 bits per heavy atom. The Bertz CT molecular complexity index is 1880. The van der Waals surface area contributed by atoms with E-state index in [0.29, 0.717) is 0 Å². The van der Waals surface area contributed by atoms with Crippen LogP contribution < -0.4 is 5.35 Å². The first-order valence-electron chi connectivity index (χ1n) is 9.89. The van der Waals surface area contributed by atoms with Crippen LogP contribution in [0.1, 0.15) is 0 Å². The van der Waals surface area contributed by atoms with Crippen LogP contribution in [0, 0.1) is 0 Å². The summed E-state index contributed by atoms with van der Waals surface area (Å²) >= 11 is 0. The highest BCUT2D eigenvalue weighted by atomic mass is 16.3. The lowest BCUT2D eigenvalue weighted by Gasteiger charge is -2.02. The summed E-state index contributed by atoms with van der Waals surface area (Å²) in [5.41, 5.74) is 5.40. The average Bonchev–Trinajstić information content (AvgIpc) is 3.30. The van der Waals surface area contributed by atoms with Gasteiger partial charge in [-0.2, -0.15) is 5.10 Å². The van der Waals surface area contributed by atoms with E-state index in [1.807, 2.05) is 53.0 Å². The molecule has 7 rings (SSSR count). The zero-order valence-corrected chi connectivity index (χ0v) is 16.0. The topological polar surface area (TPSA) is 43.3 Å². The number of aromatic nitrogens is 3. The number of nitrogens with zero attached hydrogens (tertiary/aromatic N) is 3. The van der Waals surface area contributed by atoms with Crippen molar-refractivity contribution in [2.24, 2.45) is 0 Å². The molecular formula is C26H15N3O. The Labute approximate surface area is 170 Å². The Morgan fingerprint density at radius 3 is 2.37 bits per heavy atom. The normalized spacial score (nSPS) is 12.1. The van der Waals surface area contributed by atoms with Crippen LogP contribution in [0.2, 0.25) is 0 Å². The molecule has 30 heavy (non-hydrogen) atoms. The first-order chi connectivity index (χ1) is 14.8. The Kier molecular flexibility index (Phi) is 2.86. The van der Waals surface area contributed by atoms with Gasteiger partial charge in [-0.3, -0.25) is 0 Å². The van der Waals surface area contributed by atoms with Crippen LogP contribution in [-0.2, 0) is 0 Å². The van der Waals surface area contributed by atoms with Crippen molar-refractivity contribution in [2.75, 3.05) is 0 Å². The van der Waals surface area contributed by atoms with E-state index in [1.165, 1.54) is 0 Å². The molecule has 0 aliphatic carbocycles. The summed E-state index contributed by atoms with van der Waals surface area (Å²) in [6.45, 7) is 4.33. The lowest BCUT2D eigenvalue weighted by atomic mass is 10.1. The molecule has 7 aromatic rings. The minimum atomic E-state index is 0.721. The fourth-order valence-electron chi connectivity index (χ4n) is 4.59. The summed E-state index contributed by atoms with van der Waals surface area (Å²) < 4.78 is 8.39. The highest BCUT2D eigenvalue weighted by Gasteiger charge is 2.19. The Morgan fingerprint density at radius 2 is 1.47 bits per heavy atom. The number of benzene rings is 4. The van der Waals surface area contributed by atoms with Gasteiger partial charge >= 0.3 is 0 Å². The fourth-order valence-corrected chi connectivity index (χ4v) is 4.59. The van der Waals surface area contributed by atoms with Gasteiger partial charge in [0, 0.05) is 21.5 Å². The molecule has 3 aromatic heterocycles. The van der Waals surface area contributed by atoms with Crippen molar-refractivity contribution in [1.82, 2.24) is 14.6 Å². The maximum Gasteiger partial charge on any atom is 0.145 e. The molecule has 0 amide bonds. The van der Waals surface area contributed by atoms with Crippen molar-refractivity contribution in [3.8, 4) is 0 Å². The number of para-hydroxylation sites is 3. The van der Waals surface area contributed by atoms with Crippen molar-refractivity contribution < 1.29 is 4.42 Å². The molecule has 0 saturated carbocycles. The van der Waals surface area contributed by atoms with Gasteiger partial charge in [0.1, 0.15) is 16.7 Å². The molecule has 0 bridgehead atoms. The second-order valence-electron chi connectivity index (χ2n) is 7.60. The third kappa shape index (κ3) is 1.90. The van der Waals surface area contributed by atoms with E-state index in [2.05, 4.69) is 36.9 Å². The summed E-state index contributed by atoms with van der Waals surface area (Å²) in [7, 11) is 0. The van der Waals surface area contributed by atoms with E-state index in [1.54, 1.807) is 0 Å². The number of hydrogen-bond donors (Lipinski definition) is 0. The number of rotatable bonds is 0. The largest absolute Gasteiger partial charge is 0.455 e. The SMILES string of the molecule is C=c1nc2ccccc2nn2c3ccccc3c3c4oc5ccccc5c4cc1c32. The van der Waals surface area contributed by atoms with Crippen molar-refractivity contribution in [3.05, 3.63) is 84.2 Å². The van der Waals surface area contributed by atoms with Crippen LogP contribution in [-0.4, -0.2) is 14.6 Å². The first-order valence-corrected chi connectivity index (χ1v) is 9.89. The predicted molar refractivity (Wildman–Crippen MR) is 122 cm³/mol. The van der Waals surface area contributed by atoms with Gasteiger partial charge in [0.2, 0.25) is 0 Å². The maximum absolute atomic E-state index is 6.37. The van der Waals surface area contributed by atoms with Crippen LogP contribution in [0.4, 0.5) is 0 Å². The van der Waals surface area contributed by atoms with Crippen LogP contribution >= 0.6 is 0 Å². The van der Waals surface area contributed by atoms with E-state index >= 15 is 0 Å². The highest BCUT2D eigenvalue weighted by molar-refractivity contribution is 6.27. The van der Waals surface area contributed by atoms with Gasteiger partial charge in [0.05, 0.1) is 27.3 Å². The Hall–Kier alpha value is -4.18. The van der Waals surface area contributed by atoms with E-state index < -0.39 is 0 Å². The third-order valence-electron chi connectivity index (χ3n) is 5.91. The maximum atomic E-state index is 6.37. The van der Waals surface area contributed by atoms with Crippen LogP contribution in [0.15, 0.2) is 83.3 Å². The molecule has 4 heteroatoms. The van der Waals surface area contributed by atoms with Gasteiger partial charge in [0.15, 0.2) is 0 Å². The number of fused-ring (bicyclic) bond motifs is 8. The second-order valence-corrected chi connectivity index (χ2v) is 7.60. The van der Waals surface area contributed by atoms with Gasteiger partial charge < -0.3 is 4.42 Å². The number of furan rings is 1. The lowest BCUT2D eigenvalue weighted by molar-refractivity contribution is 0.673. The summed E-state index contributed by atoms with van der Waals surface area (Å²) in [6.07, 6.45) is 0. The monoisotopic (exact) mass is 385 g/mol. The predicted octanol–water partition coefficient (Wildman–Crippen LogP) is 5.78. The van der Waals surface area contributed by atoms with E-state index in [-0.39, 0.29) is 0 Å². The molecule has 0 spiro atoms. The zero-order valence-electron chi connectivity index (χ0n) is 16.0. The van der Waals surface area contributed by atoms with Crippen molar-refractivity contribution in [1.29, 1.82) is 0 Å². The van der Waals surface area contributed by atoms with Gasteiger partial charge in [-0.05, 0) is 30.3 Å². The lowest BCUT2D eigenvalue weighted by Crippen LogP contribution is -2.06. The fraction of sp³-hybridized carbons (Fsp3) is 0. The molecular weight excluding hydrogens is 370 g/mol. The molecule has 0 unspecified atom stereocenters. The molecule has 0 fully saturated rings. The van der Waals surface area contributed by atoms with Crippen LogP contribution in [0.5, 0.6) is 0 Å². The molecule has 0 radical (unpaired) electrons. The van der Waals surface area contributed by atoms with Gasteiger partial charge in [-0.15, -0.1) is 0 Å². The highest BCUT2D eigenvalue weighted by Crippen LogP contribution is 2.39. The minimum Gasteiger partial charge on any atom is -0.455 e. The van der Waals surface area contributed by atoms with Gasteiger partial charge in [-0.1, -0.05) is 55.1 Å².